The van der Waals surface area contributed by atoms with Gasteiger partial charge in [-0.3, -0.25) is 4.79 Å². The van der Waals surface area contributed by atoms with Gasteiger partial charge in [0.15, 0.2) is 0 Å². The minimum Gasteiger partial charge on any atom is -0.301 e. The summed E-state index contributed by atoms with van der Waals surface area (Å²) in [7, 11) is 0. The quantitative estimate of drug-likeness (QED) is 0.620. The van der Waals surface area contributed by atoms with Crippen molar-refractivity contribution in [2.45, 2.75) is 19.6 Å². The van der Waals surface area contributed by atoms with Gasteiger partial charge in [-0.15, -0.1) is 11.3 Å². The Balaban J connectivity index is 2.32. The zero-order valence-electron chi connectivity index (χ0n) is 13.8. The van der Waals surface area contributed by atoms with Crippen LogP contribution in [0.25, 0.3) is 11.3 Å². The lowest BCUT2D eigenvalue weighted by Gasteiger charge is -2.17. The van der Waals surface area contributed by atoms with E-state index in [1.807, 2.05) is 0 Å². The maximum Gasteiger partial charge on any atom is 0.417 e. The molecule has 9 heteroatoms. The van der Waals surface area contributed by atoms with Crippen molar-refractivity contribution in [3.63, 3.8) is 0 Å². The van der Waals surface area contributed by atoms with E-state index in [-0.39, 0.29) is 12.2 Å². The molecule has 2 aromatic heterocycles. The Hall–Kier alpha value is -2.63. The molecule has 0 aliphatic heterocycles. The minimum absolute atomic E-state index is 0.0134. The Labute approximate surface area is 161 Å². The summed E-state index contributed by atoms with van der Waals surface area (Å²) in [4.78, 5) is 17.0. The first-order valence-electron chi connectivity index (χ1n) is 7.63. The van der Waals surface area contributed by atoms with Gasteiger partial charge >= 0.3 is 6.18 Å². The lowest BCUT2D eigenvalue weighted by atomic mass is 10.0. The standard InChI is InChI=1S/C18H11ClF3N3OS/c1-10-24-13(9-27-10)8-25-16(11-3-2-4-12(19)5-11)6-15(18(20,21)22)14(7-23)17(25)26/h2-6,9H,8H2,1H3. The number of hydrogen-bond donors (Lipinski definition) is 0. The predicted octanol–water partition coefficient (Wildman–Crippen LogP) is 4.87. The number of aromatic nitrogens is 2. The molecule has 0 spiro atoms. The fraction of sp³-hybridized carbons (Fsp3) is 0.167. The molecule has 3 aromatic rings. The molecule has 0 amide bonds. The molecule has 3 rings (SSSR count). The van der Waals surface area contributed by atoms with Crippen LogP contribution in [0.4, 0.5) is 13.2 Å². The van der Waals surface area contributed by atoms with E-state index in [1.165, 1.54) is 23.5 Å². The van der Waals surface area contributed by atoms with Gasteiger partial charge in [-0.1, -0.05) is 23.7 Å². The average molecular weight is 410 g/mol. The smallest absolute Gasteiger partial charge is 0.301 e. The Kier molecular flexibility index (Phi) is 5.09. The monoisotopic (exact) mass is 409 g/mol. The third kappa shape index (κ3) is 3.89. The van der Waals surface area contributed by atoms with Crippen LogP contribution >= 0.6 is 22.9 Å². The molecule has 0 fully saturated rings. The molecule has 0 saturated heterocycles. The molecule has 1 aromatic carbocycles. The first kappa shape index (κ1) is 19.1. The van der Waals surface area contributed by atoms with E-state index in [1.54, 1.807) is 30.5 Å². The second-order valence-corrected chi connectivity index (χ2v) is 7.19. The van der Waals surface area contributed by atoms with Gasteiger partial charge in [0.2, 0.25) is 0 Å². The van der Waals surface area contributed by atoms with Crippen molar-refractivity contribution in [3.05, 3.63) is 72.9 Å². The number of nitrogens with zero attached hydrogens (tertiary/aromatic N) is 3. The molecule has 0 N–H and O–H groups in total. The number of hydrogen-bond acceptors (Lipinski definition) is 4. The van der Waals surface area contributed by atoms with Gasteiger partial charge in [0.05, 0.1) is 28.5 Å². The van der Waals surface area contributed by atoms with Crippen LogP contribution in [0.3, 0.4) is 0 Å². The van der Waals surface area contributed by atoms with Crippen LogP contribution in [0.5, 0.6) is 0 Å². The zero-order valence-corrected chi connectivity index (χ0v) is 15.4. The largest absolute Gasteiger partial charge is 0.417 e. The zero-order chi connectivity index (χ0) is 19.8. The molecule has 4 nitrogen and oxygen atoms in total. The van der Waals surface area contributed by atoms with E-state index in [9.17, 15) is 18.0 Å². The highest BCUT2D eigenvalue weighted by Crippen LogP contribution is 2.34. The number of aryl methyl sites for hydroxylation is 1. The number of alkyl halides is 3. The maximum atomic E-state index is 13.4. The average Bonchev–Trinajstić information content (AvgIpc) is 3.00. The number of pyridine rings is 1. The number of nitriles is 1. The molecule has 0 atom stereocenters. The van der Waals surface area contributed by atoms with Gasteiger partial charge in [0.25, 0.3) is 5.56 Å². The molecule has 0 bridgehead atoms. The van der Waals surface area contributed by atoms with Gasteiger partial charge in [-0.25, -0.2) is 4.98 Å². The van der Waals surface area contributed by atoms with E-state index in [4.69, 9.17) is 16.9 Å². The first-order chi connectivity index (χ1) is 12.7. The summed E-state index contributed by atoms with van der Waals surface area (Å²) >= 11 is 7.32. The first-order valence-corrected chi connectivity index (χ1v) is 8.88. The number of benzene rings is 1. The van der Waals surface area contributed by atoms with Crippen molar-refractivity contribution in [2.24, 2.45) is 0 Å². The van der Waals surface area contributed by atoms with Crippen molar-refractivity contribution in [1.82, 2.24) is 9.55 Å². The SMILES string of the molecule is Cc1nc(Cn2c(-c3cccc(Cl)c3)cc(C(F)(F)F)c(C#N)c2=O)cs1. The predicted molar refractivity (Wildman–Crippen MR) is 96.8 cm³/mol. The van der Waals surface area contributed by atoms with Crippen molar-refractivity contribution in [2.75, 3.05) is 0 Å². The Morgan fingerprint density at radius 1 is 1.33 bits per heavy atom. The van der Waals surface area contributed by atoms with Gasteiger partial charge in [0, 0.05) is 10.4 Å². The highest BCUT2D eigenvalue weighted by atomic mass is 35.5. The second-order valence-electron chi connectivity index (χ2n) is 5.69. The van der Waals surface area contributed by atoms with Gasteiger partial charge in [0.1, 0.15) is 11.6 Å². The fourth-order valence-corrected chi connectivity index (χ4v) is 3.46. The van der Waals surface area contributed by atoms with Crippen molar-refractivity contribution in [1.29, 1.82) is 5.26 Å². The van der Waals surface area contributed by atoms with Crippen LogP contribution in [0, 0.1) is 18.3 Å². The summed E-state index contributed by atoms with van der Waals surface area (Å²) in [5.41, 5.74) is -2.36. The van der Waals surface area contributed by atoms with Crippen LogP contribution in [-0.4, -0.2) is 9.55 Å². The van der Waals surface area contributed by atoms with E-state index >= 15 is 0 Å². The number of thiazole rings is 1. The normalized spacial score (nSPS) is 11.4. The highest BCUT2D eigenvalue weighted by Gasteiger charge is 2.36. The topological polar surface area (TPSA) is 58.7 Å². The molecule has 0 unspecified atom stereocenters. The Morgan fingerprint density at radius 2 is 2.07 bits per heavy atom. The summed E-state index contributed by atoms with van der Waals surface area (Å²) in [5.74, 6) is 0. The third-order valence-electron chi connectivity index (χ3n) is 3.82. The minimum atomic E-state index is -4.84. The summed E-state index contributed by atoms with van der Waals surface area (Å²) in [6.45, 7) is 1.72. The molecule has 138 valence electrons. The molecule has 0 aliphatic carbocycles. The van der Waals surface area contributed by atoms with Crippen LogP contribution < -0.4 is 5.56 Å². The maximum absolute atomic E-state index is 13.4. The van der Waals surface area contributed by atoms with E-state index in [2.05, 4.69) is 4.98 Å². The molecule has 0 saturated carbocycles. The molecular formula is C18H11ClF3N3OS. The third-order valence-corrected chi connectivity index (χ3v) is 4.88. The fourth-order valence-electron chi connectivity index (χ4n) is 2.66. The Bertz CT molecular complexity index is 1110. The van der Waals surface area contributed by atoms with Gasteiger partial charge < -0.3 is 4.57 Å². The van der Waals surface area contributed by atoms with E-state index < -0.39 is 22.9 Å². The Morgan fingerprint density at radius 3 is 2.63 bits per heavy atom. The second kappa shape index (κ2) is 7.18. The lowest BCUT2D eigenvalue weighted by molar-refractivity contribution is -0.137. The number of halogens is 4. The summed E-state index contributed by atoms with van der Waals surface area (Å²) in [5, 5.41) is 12.0. The molecule has 2 heterocycles. The van der Waals surface area contributed by atoms with Crippen LogP contribution in [0.15, 0.2) is 40.5 Å². The van der Waals surface area contributed by atoms with Crippen LogP contribution in [0.2, 0.25) is 5.02 Å². The van der Waals surface area contributed by atoms with E-state index in [0.29, 0.717) is 16.3 Å². The molecule has 0 aliphatic rings. The summed E-state index contributed by atoms with van der Waals surface area (Å²) in [6, 6.07) is 8.37. The molecule has 27 heavy (non-hydrogen) atoms. The van der Waals surface area contributed by atoms with Gasteiger partial charge in [-0.05, 0) is 30.7 Å². The van der Waals surface area contributed by atoms with Crippen LogP contribution in [0.1, 0.15) is 21.8 Å². The van der Waals surface area contributed by atoms with Crippen molar-refractivity contribution >= 4 is 22.9 Å². The number of rotatable bonds is 3. The summed E-state index contributed by atoms with van der Waals surface area (Å²) in [6.07, 6.45) is -4.84. The van der Waals surface area contributed by atoms with E-state index in [0.717, 1.165) is 15.6 Å². The van der Waals surface area contributed by atoms with Crippen molar-refractivity contribution in [3.8, 4) is 17.3 Å². The summed E-state index contributed by atoms with van der Waals surface area (Å²) < 4.78 is 41.4. The molecule has 0 radical (unpaired) electrons. The molecular weight excluding hydrogens is 399 g/mol. The van der Waals surface area contributed by atoms with Gasteiger partial charge in [-0.2, -0.15) is 18.4 Å². The lowest BCUT2D eigenvalue weighted by Crippen LogP contribution is -2.28. The van der Waals surface area contributed by atoms with Crippen molar-refractivity contribution < 1.29 is 13.2 Å². The highest BCUT2D eigenvalue weighted by molar-refractivity contribution is 7.09. The van der Waals surface area contributed by atoms with Crippen LogP contribution in [-0.2, 0) is 12.7 Å².